The first-order chi connectivity index (χ1) is 6.54. The summed E-state index contributed by atoms with van der Waals surface area (Å²) >= 11 is 0. The number of rotatable bonds is 2. The van der Waals surface area contributed by atoms with Crippen LogP contribution in [0.2, 0.25) is 0 Å². The molecule has 14 heavy (non-hydrogen) atoms. The van der Waals surface area contributed by atoms with E-state index < -0.39 is 0 Å². The van der Waals surface area contributed by atoms with Crippen LogP contribution < -0.4 is 0 Å². The van der Waals surface area contributed by atoms with Gasteiger partial charge in [0.2, 0.25) is 0 Å². The lowest BCUT2D eigenvalue weighted by Gasteiger charge is -2.23. The molecule has 82 valence electrons. The van der Waals surface area contributed by atoms with Gasteiger partial charge in [0.15, 0.2) is 0 Å². The summed E-state index contributed by atoms with van der Waals surface area (Å²) in [5, 5.41) is 0. The molecule has 2 rings (SSSR count). The second-order valence-corrected chi connectivity index (χ2v) is 6.52. The van der Waals surface area contributed by atoms with Gasteiger partial charge in [-0.05, 0) is 43.1 Å². The Hall–Kier alpha value is -0.0400. The standard InChI is InChI=1S/C13H25N/c1-13(2,3)7-8-14-9-11-5-4-6-12(11)10-14/h11-12H,4-10H2,1-3H3/t11-,12?/m1/s1. The molecule has 1 aliphatic heterocycles. The van der Waals surface area contributed by atoms with Gasteiger partial charge in [-0.3, -0.25) is 0 Å². The van der Waals surface area contributed by atoms with Crippen molar-refractivity contribution in [3.05, 3.63) is 0 Å². The lowest BCUT2D eigenvalue weighted by atomic mass is 9.92. The predicted molar refractivity (Wildman–Crippen MR) is 61.3 cm³/mol. The average Bonchev–Trinajstić information content (AvgIpc) is 2.56. The molecule has 2 aliphatic rings. The lowest BCUT2D eigenvalue weighted by molar-refractivity contribution is 0.251. The van der Waals surface area contributed by atoms with Gasteiger partial charge in [0.05, 0.1) is 0 Å². The average molecular weight is 195 g/mol. The van der Waals surface area contributed by atoms with E-state index in [0.29, 0.717) is 5.41 Å². The van der Waals surface area contributed by atoms with Crippen LogP contribution in [0, 0.1) is 17.3 Å². The number of hydrogen-bond donors (Lipinski definition) is 0. The van der Waals surface area contributed by atoms with E-state index in [1.807, 2.05) is 0 Å². The van der Waals surface area contributed by atoms with Crippen molar-refractivity contribution in [3.8, 4) is 0 Å². The highest BCUT2D eigenvalue weighted by Crippen LogP contribution is 2.38. The van der Waals surface area contributed by atoms with Crippen molar-refractivity contribution in [1.29, 1.82) is 0 Å². The van der Waals surface area contributed by atoms with Gasteiger partial charge in [0.25, 0.3) is 0 Å². The summed E-state index contributed by atoms with van der Waals surface area (Å²) in [5.41, 5.74) is 0.512. The molecule has 1 heterocycles. The molecular formula is C13H25N. The number of fused-ring (bicyclic) bond motifs is 1. The summed E-state index contributed by atoms with van der Waals surface area (Å²) in [5.74, 6) is 2.13. The molecule has 0 N–H and O–H groups in total. The molecule has 1 nitrogen and oxygen atoms in total. The summed E-state index contributed by atoms with van der Waals surface area (Å²) in [4.78, 5) is 2.71. The van der Waals surface area contributed by atoms with Crippen LogP contribution in [0.1, 0.15) is 46.5 Å². The van der Waals surface area contributed by atoms with Crippen molar-refractivity contribution < 1.29 is 0 Å². The Balaban J connectivity index is 1.74. The topological polar surface area (TPSA) is 3.24 Å². The fraction of sp³-hybridized carbons (Fsp3) is 1.00. The maximum atomic E-state index is 2.71. The first-order valence-electron chi connectivity index (χ1n) is 6.27. The van der Waals surface area contributed by atoms with E-state index in [1.54, 1.807) is 0 Å². The van der Waals surface area contributed by atoms with Gasteiger partial charge in [0.1, 0.15) is 0 Å². The van der Waals surface area contributed by atoms with E-state index in [-0.39, 0.29) is 0 Å². The summed E-state index contributed by atoms with van der Waals surface area (Å²) in [7, 11) is 0. The maximum Gasteiger partial charge on any atom is 0.00129 e. The van der Waals surface area contributed by atoms with Gasteiger partial charge in [0, 0.05) is 13.1 Å². The number of hydrogen-bond acceptors (Lipinski definition) is 1. The predicted octanol–water partition coefficient (Wildman–Crippen LogP) is 3.15. The maximum absolute atomic E-state index is 2.71. The second kappa shape index (κ2) is 3.84. The molecule has 1 saturated heterocycles. The Kier molecular flexibility index (Phi) is 2.88. The van der Waals surface area contributed by atoms with Gasteiger partial charge in [-0.25, -0.2) is 0 Å². The molecule has 1 saturated carbocycles. The van der Waals surface area contributed by atoms with Crippen molar-refractivity contribution >= 4 is 0 Å². The van der Waals surface area contributed by atoms with Gasteiger partial charge in [-0.1, -0.05) is 27.2 Å². The third-order valence-corrected chi connectivity index (χ3v) is 3.98. The van der Waals surface area contributed by atoms with E-state index in [9.17, 15) is 0 Å². The van der Waals surface area contributed by atoms with Crippen LogP contribution in [0.25, 0.3) is 0 Å². The van der Waals surface area contributed by atoms with E-state index in [0.717, 1.165) is 11.8 Å². The summed E-state index contributed by atoms with van der Waals surface area (Å²) in [6, 6.07) is 0. The Morgan fingerprint density at radius 2 is 1.64 bits per heavy atom. The highest BCUT2D eigenvalue weighted by molar-refractivity contribution is 4.88. The van der Waals surface area contributed by atoms with E-state index in [2.05, 4.69) is 25.7 Å². The van der Waals surface area contributed by atoms with Crippen LogP contribution in [0.15, 0.2) is 0 Å². The molecular weight excluding hydrogens is 170 g/mol. The minimum absolute atomic E-state index is 0.512. The van der Waals surface area contributed by atoms with Crippen LogP contribution in [0.5, 0.6) is 0 Å². The smallest absolute Gasteiger partial charge is 0.00129 e. The minimum atomic E-state index is 0.512. The van der Waals surface area contributed by atoms with Gasteiger partial charge in [-0.15, -0.1) is 0 Å². The number of likely N-dealkylation sites (tertiary alicyclic amines) is 1. The Morgan fingerprint density at radius 1 is 1.07 bits per heavy atom. The third kappa shape index (κ3) is 2.50. The largest absolute Gasteiger partial charge is 0.303 e. The van der Waals surface area contributed by atoms with Crippen LogP contribution in [-0.4, -0.2) is 24.5 Å². The van der Waals surface area contributed by atoms with Crippen LogP contribution >= 0.6 is 0 Å². The van der Waals surface area contributed by atoms with E-state index >= 15 is 0 Å². The molecule has 0 bridgehead atoms. The Morgan fingerprint density at radius 3 is 2.14 bits per heavy atom. The number of nitrogens with zero attached hydrogens (tertiary/aromatic N) is 1. The SMILES string of the molecule is CC(C)(C)CCN1CC2CCC[C@@H]2C1. The first-order valence-corrected chi connectivity index (χ1v) is 6.27. The van der Waals surface area contributed by atoms with Crippen LogP contribution in [-0.2, 0) is 0 Å². The zero-order valence-electron chi connectivity index (χ0n) is 10.1. The fourth-order valence-electron chi connectivity index (χ4n) is 3.01. The molecule has 0 aromatic rings. The highest BCUT2D eigenvalue weighted by Gasteiger charge is 2.35. The zero-order valence-corrected chi connectivity index (χ0v) is 10.1. The first kappa shape index (κ1) is 10.5. The van der Waals surface area contributed by atoms with Gasteiger partial charge in [-0.2, -0.15) is 0 Å². The normalized spacial score (nSPS) is 33.6. The molecule has 1 aliphatic carbocycles. The van der Waals surface area contributed by atoms with Crippen LogP contribution in [0.4, 0.5) is 0 Å². The fourth-order valence-corrected chi connectivity index (χ4v) is 3.01. The van der Waals surface area contributed by atoms with Crippen molar-refractivity contribution in [3.63, 3.8) is 0 Å². The van der Waals surface area contributed by atoms with E-state index in [1.165, 1.54) is 45.3 Å². The lowest BCUT2D eigenvalue weighted by Crippen LogP contribution is -2.26. The van der Waals surface area contributed by atoms with Crippen molar-refractivity contribution in [2.75, 3.05) is 19.6 Å². The quantitative estimate of drug-likeness (QED) is 0.654. The molecule has 1 unspecified atom stereocenters. The van der Waals surface area contributed by atoms with Crippen molar-refractivity contribution in [2.45, 2.75) is 46.5 Å². The Bertz CT molecular complexity index is 180. The van der Waals surface area contributed by atoms with E-state index in [4.69, 9.17) is 0 Å². The molecule has 0 aromatic carbocycles. The van der Waals surface area contributed by atoms with Gasteiger partial charge < -0.3 is 4.90 Å². The molecule has 1 heteroatoms. The molecule has 2 atom stereocenters. The molecule has 0 spiro atoms. The Labute approximate surface area is 88.9 Å². The minimum Gasteiger partial charge on any atom is -0.303 e. The summed E-state index contributed by atoms with van der Waals surface area (Å²) in [6.45, 7) is 11.2. The monoisotopic (exact) mass is 195 g/mol. The molecule has 0 amide bonds. The molecule has 0 radical (unpaired) electrons. The van der Waals surface area contributed by atoms with Crippen LogP contribution in [0.3, 0.4) is 0 Å². The van der Waals surface area contributed by atoms with Gasteiger partial charge >= 0.3 is 0 Å². The van der Waals surface area contributed by atoms with Crippen molar-refractivity contribution in [2.24, 2.45) is 17.3 Å². The highest BCUT2D eigenvalue weighted by atomic mass is 15.2. The molecule has 2 fully saturated rings. The second-order valence-electron chi connectivity index (χ2n) is 6.52. The zero-order chi connectivity index (χ0) is 10.2. The molecule has 0 aromatic heterocycles. The summed E-state index contributed by atoms with van der Waals surface area (Å²) < 4.78 is 0. The van der Waals surface area contributed by atoms with Crippen molar-refractivity contribution in [1.82, 2.24) is 4.90 Å². The third-order valence-electron chi connectivity index (χ3n) is 3.98. The summed E-state index contributed by atoms with van der Waals surface area (Å²) in [6.07, 6.45) is 5.88.